The molecule has 4 nitrogen and oxygen atoms in total. The quantitative estimate of drug-likeness (QED) is 0.830. The Bertz CT molecular complexity index is 265. The maximum absolute atomic E-state index is 5.56. The Labute approximate surface area is 108 Å². The van der Waals surface area contributed by atoms with E-state index in [-0.39, 0.29) is 6.10 Å². The largest absolute Gasteiger partial charge is 0.376 e. The molecule has 0 spiro atoms. The first-order chi connectivity index (χ1) is 8.24. The van der Waals surface area contributed by atoms with E-state index in [1.165, 1.54) is 6.42 Å². The zero-order chi connectivity index (χ0) is 12.1. The van der Waals surface area contributed by atoms with Gasteiger partial charge in [-0.3, -0.25) is 4.99 Å². The Morgan fingerprint density at radius 2 is 2.35 bits per heavy atom. The summed E-state index contributed by atoms with van der Waals surface area (Å²) >= 11 is 1.82. The fourth-order valence-electron chi connectivity index (χ4n) is 2.05. The van der Waals surface area contributed by atoms with Crippen molar-refractivity contribution in [3.63, 3.8) is 0 Å². The third-order valence-corrected chi connectivity index (χ3v) is 3.92. The van der Waals surface area contributed by atoms with Crippen LogP contribution in [0, 0.1) is 5.92 Å². The Hall–Kier alpha value is -0.260. The summed E-state index contributed by atoms with van der Waals surface area (Å²) in [6, 6.07) is 0.585. The third-order valence-electron chi connectivity index (χ3n) is 2.83. The maximum Gasteiger partial charge on any atom is 0.156 e. The lowest BCUT2D eigenvalue weighted by molar-refractivity contribution is -0.0832. The Morgan fingerprint density at radius 3 is 3.06 bits per heavy atom. The van der Waals surface area contributed by atoms with Gasteiger partial charge < -0.3 is 14.8 Å². The van der Waals surface area contributed by atoms with Crippen LogP contribution < -0.4 is 5.32 Å². The van der Waals surface area contributed by atoms with Crippen molar-refractivity contribution in [2.24, 2.45) is 10.9 Å². The third kappa shape index (κ3) is 4.48. The highest BCUT2D eigenvalue weighted by Crippen LogP contribution is 2.19. The van der Waals surface area contributed by atoms with E-state index in [0.29, 0.717) is 25.8 Å². The fourth-order valence-corrected chi connectivity index (χ4v) is 3.05. The lowest BCUT2D eigenvalue weighted by atomic mass is 10.1. The maximum atomic E-state index is 5.56. The van der Waals surface area contributed by atoms with Crippen LogP contribution in [0.25, 0.3) is 0 Å². The second-order valence-corrected chi connectivity index (χ2v) is 6.00. The van der Waals surface area contributed by atoms with E-state index in [1.54, 1.807) is 0 Å². The first-order valence-corrected chi connectivity index (χ1v) is 7.35. The van der Waals surface area contributed by atoms with Crippen LogP contribution in [-0.2, 0) is 9.47 Å². The van der Waals surface area contributed by atoms with Gasteiger partial charge in [0.2, 0.25) is 0 Å². The molecule has 0 bridgehead atoms. The summed E-state index contributed by atoms with van der Waals surface area (Å²) in [6.07, 6.45) is 1.36. The summed E-state index contributed by atoms with van der Waals surface area (Å²) in [5.41, 5.74) is 0. The molecule has 2 fully saturated rings. The number of nitrogens with zero attached hydrogens (tertiary/aromatic N) is 1. The summed E-state index contributed by atoms with van der Waals surface area (Å²) in [4.78, 5) is 4.57. The van der Waals surface area contributed by atoms with E-state index < -0.39 is 0 Å². The van der Waals surface area contributed by atoms with Gasteiger partial charge in [0.15, 0.2) is 5.17 Å². The zero-order valence-corrected chi connectivity index (χ0v) is 11.5. The molecule has 2 atom stereocenters. The second-order valence-electron chi connectivity index (χ2n) is 5.00. The highest BCUT2D eigenvalue weighted by molar-refractivity contribution is 8.14. The molecular weight excluding hydrogens is 236 g/mol. The lowest BCUT2D eigenvalue weighted by Crippen LogP contribution is -2.32. The first kappa shape index (κ1) is 13.2. The Balaban J connectivity index is 1.71. The van der Waals surface area contributed by atoms with E-state index in [9.17, 15) is 0 Å². The Morgan fingerprint density at radius 1 is 1.47 bits per heavy atom. The number of thioether (sulfide) groups is 1. The molecule has 0 saturated carbocycles. The molecule has 2 aliphatic rings. The molecule has 0 amide bonds. The summed E-state index contributed by atoms with van der Waals surface area (Å²) < 4.78 is 10.9. The number of hydrogen-bond acceptors (Lipinski definition) is 4. The van der Waals surface area contributed by atoms with Crippen molar-refractivity contribution in [3.05, 3.63) is 0 Å². The first-order valence-electron chi connectivity index (χ1n) is 6.37. The summed E-state index contributed by atoms with van der Waals surface area (Å²) in [5.74, 6) is 1.88. The minimum Gasteiger partial charge on any atom is -0.376 e. The van der Waals surface area contributed by atoms with Crippen LogP contribution in [-0.4, -0.2) is 49.4 Å². The molecule has 0 aromatic heterocycles. The number of aliphatic imine (C=N–C) groups is 1. The van der Waals surface area contributed by atoms with Gasteiger partial charge in [-0.05, 0) is 12.3 Å². The molecule has 0 aromatic carbocycles. The second kappa shape index (κ2) is 6.61. The minimum atomic E-state index is 0.141. The van der Waals surface area contributed by atoms with Crippen molar-refractivity contribution < 1.29 is 9.47 Å². The molecule has 5 heteroatoms. The summed E-state index contributed by atoms with van der Waals surface area (Å²) in [7, 11) is 0. The SMILES string of the molecule is CC(C)CC1CSC(=NCC2COCCO2)N1. The molecule has 98 valence electrons. The standard InChI is InChI=1S/C12H22N2O2S/c1-9(2)5-10-8-17-12(14-10)13-6-11-7-15-3-4-16-11/h9-11H,3-8H2,1-2H3,(H,13,14). The van der Waals surface area contributed by atoms with Gasteiger partial charge in [-0.15, -0.1) is 0 Å². The highest BCUT2D eigenvalue weighted by atomic mass is 32.2. The molecule has 2 aliphatic heterocycles. The van der Waals surface area contributed by atoms with Gasteiger partial charge in [0, 0.05) is 11.8 Å². The van der Waals surface area contributed by atoms with E-state index in [4.69, 9.17) is 9.47 Å². The molecule has 0 aromatic rings. The van der Waals surface area contributed by atoms with Crippen LogP contribution in [0.2, 0.25) is 0 Å². The number of nitrogens with one attached hydrogen (secondary N) is 1. The molecule has 1 N–H and O–H groups in total. The van der Waals surface area contributed by atoms with Crippen LogP contribution in [0.15, 0.2) is 4.99 Å². The number of amidine groups is 1. The smallest absolute Gasteiger partial charge is 0.156 e. The molecule has 0 radical (unpaired) electrons. The molecule has 2 heterocycles. The van der Waals surface area contributed by atoms with E-state index in [1.807, 2.05) is 11.8 Å². The van der Waals surface area contributed by atoms with Gasteiger partial charge in [0.05, 0.1) is 26.4 Å². The van der Waals surface area contributed by atoms with Crippen molar-refractivity contribution in [2.75, 3.05) is 32.1 Å². The summed E-state index contributed by atoms with van der Waals surface area (Å²) in [5, 5.41) is 4.55. The molecule has 0 aliphatic carbocycles. The number of rotatable bonds is 4. The predicted molar refractivity (Wildman–Crippen MR) is 71.7 cm³/mol. The van der Waals surface area contributed by atoms with E-state index in [0.717, 1.165) is 23.4 Å². The predicted octanol–water partition coefficient (Wildman–Crippen LogP) is 1.51. The van der Waals surface area contributed by atoms with Crippen molar-refractivity contribution in [3.8, 4) is 0 Å². The summed E-state index contributed by atoms with van der Waals surface area (Å²) in [6.45, 7) is 7.33. The van der Waals surface area contributed by atoms with Crippen LogP contribution in [0.3, 0.4) is 0 Å². The average Bonchev–Trinajstić information content (AvgIpc) is 2.75. The fraction of sp³-hybridized carbons (Fsp3) is 0.917. The monoisotopic (exact) mass is 258 g/mol. The van der Waals surface area contributed by atoms with Crippen LogP contribution in [0.5, 0.6) is 0 Å². The van der Waals surface area contributed by atoms with Crippen molar-refractivity contribution in [2.45, 2.75) is 32.4 Å². The molecule has 2 saturated heterocycles. The Kier molecular flexibility index (Phi) is 5.13. The molecule has 17 heavy (non-hydrogen) atoms. The number of hydrogen-bond donors (Lipinski definition) is 1. The van der Waals surface area contributed by atoms with Crippen molar-refractivity contribution in [1.29, 1.82) is 0 Å². The van der Waals surface area contributed by atoms with Crippen molar-refractivity contribution >= 4 is 16.9 Å². The van der Waals surface area contributed by atoms with Gasteiger partial charge in [-0.2, -0.15) is 0 Å². The van der Waals surface area contributed by atoms with Gasteiger partial charge >= 0.3 is 0 Å². The van der Waals surface area contributed by atoms with E-state index >= 15 is 0 Å². The highest BCUT2D eigenvalue weighted by Gasteiger charge is 2.21. The van der Waals surface area contributed by atoms with Gasteiger partial charge in [-0.1, -0.05) is 25.6 Å². The average molecular weight is 258 g/mol. The minimum absolute atomic E-state index is 0.141. The normalized spacial score (nSPS) is 32.1. The van der Waals surface area contributed by atoms with Crippen molar-refractivity contribution in [1.82, 2.24) is 5.32 Å². The number of ether oxygens (including phenoxy) is 2. The van der Waals surface area contributed by atoms with Gasteiger partial charge in [-0.25, -0.2) is 0 Å². The van der Waals surface area contributed by atoms with E-state index in [2.05, 4.69) is 24.2 Å². The van der Waals surface area contributed by atoms with Gasteiger partial charge in [0.25, 0.3) is 0 Å². The zero-order valence-electron chi connectivity index (χ0n) is 10.6. The molecule has 2 rings (SSSR count). The van der Waals surface area contributed by atoms with Crippen LogP contribution in [0.4, 0.5) is 0 Å². The van der Waals surface area contributed by atoms with Crippen LogP contribution in [0.1, 0.15) is 20.3 Å². The lowest BCUT2D eigenvalue weighted by Gasteiger charge is -2.21. The van der Waals surface area contributed by atoms with Gasteiger partial charge in [0.1, 0.15) is 6.10 Å². The molecule has 2 unspecified atom stereocenters. The van der Waals surface area contributed by atoms with Crippen LogP contribution >= 0.6 is 11.8 Å². The molecular formula is C12H22N2O2S. The topological polar surface area (TPSA) is 42.9 Å².